The summed E-state index contributed by atoms with van der Waals surface area (Å²) in [5, 5.41) is 0.940. The lowest BCUT2D eigenvalue weighted by Crippen LogP contribution is -2.57. The molecule has 0 spiro atoms. The summed E-state index contributed by atoms with van der Waals surface area (Å²) in [4.78, 5) is 34.8. The van der Waals surface area contributed by atoms with Crippen LogP contribution in [0.2, 0.25) is 0 Å². The minimum absolute atomic E-state index is 0.0299. The number of hydrogen-bond acceptors (Lipinski definition) is 3. The highest BCUT2D eigenvalue weighted by molar-refractivity contribution is 6.06. The summed E-state index contributed by atoms with van der Waals surface area (Å²) < 4.78 is 0. The van der Waals surface area contributed by atoms with E-state index < -0.39 is 0 Å². The monoisotopic (exact) mass is 393 g/mol. The van der Waals surface area contributed by atoms with Gasteiger partial charge in [-0.15, -0.1) is 0 Å². The van der Waals surface area contributed by atoms with Crippen LogP contribution >= 0.6 is 0 Å². The first-order valence-electron chi connectivity index (χ1n) is 10.8. The fourth-order valence-corrected chi connectivity index (χ4v) is 5.02. The van der Waals surface area contributed by atoms with Gasteiger partial charge in [0, 0.05) is 42.7 Å². The van der Waals surface area contributed by atoms with Gasteiger partial charge in [-0.2, -0.15) is 0 Å². The maximum atomic E-state index is 13.7. The molecular weight excluding hydrogens is 362 g/mol. The van der Waals surface area contributed by atoms with Crippen molar-refractivity contribution in [3.05, 3.63) is 41.1 Å². The van der Waals surface area contributed by atoms with Gasteiger partial charge in [0.05, 0.1) is 11.1 Å². The zero-order chi connectivity index (χ0) is 20.7. The Balaban J connectivity index is 1.62. The number of aromatic nitrogens is 1. The summed E-state index contributed by atoms with van der Waals surface area (Å²) in [7, 11) is 0. The second-order valence-electron chi connectivity index (χ2n) is 9.03. The number of likely N-dealkylation sites (tertiary alicyclic amines) is 2. The number of hydrogen-bond donors (Lipinski definition) is 0. The van der Waals surface area contributed by atoms with E-state index in [-0.39, 0.29) is 23.8 Å². The first-order valence-corrected chi connectivity index (χ1v) is 10.8. The quantitative estimate of drug-likeness (QED) is 0.776. The molecule has 2 amide bonds. The third-order valence-corrected chi connectivity index (χ3v) is 6.46. The van der Waals surface area contributed by atoms with Crippen molar-refractivity contribution in [2.24, 2.45) is 11.8 Å². The van der Waals surface area contributed by atoms with Gasteiger partial charge in [-0.1, -0.05) is 25.5 Å². The Bertz CT molecular complexity index is 953. The van der Waals surface area contributed by atoms with Crippen LogP contribution in [0.15, 0.2) is 24.3 Å². The first-order chi connectivity index (χ1) is 13.8. The lowest BCUT2D eigenvalue weighted by Gasteiger charge is -2.47. The molecule has 0 N–H and O–H groups in total. The number of nitrogens with zero attached hydrogens (tertiary/aromatic N) is 3. The first kappa shape index (κ1) is 19.9. The molecule has 0 unspecified atom stereocenters. The second-order valence-corrected chi connectivity index (χ2v) is 9.03. The number of aryl methyl sites for hydroxylation is 2. The van der Waals surface area contributed by atoms with E-state index >= 15 is 0 Å². The molecule has 5 nitrogen and oxygen atoms in total. The number of amides is 2. The predicted octanol–water partition coefficient (Wildman–Crippen LogP) is 3.96. The molecule has 1 aromatic heterocycles. The highest BCUT2D eigenvalue weighted by Crippen LogP contribution is 2.33. The highest BCUT2D eigenvalue weighted by atomic mass is 16.2. The van der Waals surface area contributed by atoms with Crippen LogP contribution in [0.4, 0.5) is 0 Å². The number of rotatable bonds is 2. The topological polar surface area (TPSA) is 53.5 Å². The smallest absolute Gasteiger partial charge is 0.254 e. The van der Waals surface area contributed by atoms with E-state index in [1.54, 1.807) is 0 Å². The summed E-state index contributed by atoms with van der Waals surface area (Å²) in [6, 6.07) is 8.27. The van der Waals surface area contributed by atoms with E-state index in [0.29, 0.717) is 5.92 Å². The summed E-state index contributed by atoms with van der Waals surface area (Å²) >= 11 is 0. The summed E-state index contributed by atoms with van der Waals surface area (Å²) in [5.41, 5.74) is 3.65. The van der Waals surface area contributed by atoms with Crippen molar-refractivity contribution in [1.82, 2.24) is 14.8 Å². The third kappa shape index (κ3) is 3.75. The lowest BCUT2D eigenvalue weighted by molar-refractivity contribution is -0.137. The van der Waals surface area contributed by atoms with Crippen LogP contribution in [0.3, 0.4) is 0 Å². The van der Waals surface area contributed by atoms with Gasteiger partial charge < -0.3 is 9.80 Å². The summed E-state index contributed by atoms with van der Waals surface area (Å²) in [5.74, 6) is 0.755. The molecule has 4 rings (SSSR count). The molecule has 154 valence electrons. The van der Waals surface area contributed by atoms with E-state index in [0.717, 1.165) is 66.6 Å². The fraction of sp³-hybridized carbons (Fsp3) is 0.542. The molecule has 2 atom stereocenters. The predicted molar refractivity (Wildman–Crippen MR) is 115 cm³/mol. The van der Waals surface area contributed by atoms with Gasteiger partial charge in [-0.05, 0) is 57.2 Å². The average Bonchev–Trinajstić information content (AvgIpc) is 2.71. The number of carbonyl (C=O) groups excluding carboxylic acids is 2. The second kappa shape index (κ2) is 7.77. The van der Waals surface area contributed by atoms with E-state index in [4.69, 9.17) is 0 Å². The Kier molecular flexibility index (Phi) is 5.32. The zero-order valence-corrected chi connectivity index (χ0v) is 17.9. The van der Waals surface area contributed by atoms with Gasteiger partial charge >= 0.3 is 0 Å². The zero-order valence-electron chi connectivity index (χ0n) is 17.9. The van der Waals surface area contributed by atoms with Crippen molar-refractivity contribution in [1.29, 1.82) is 0 Å². The molecule has 5 heteroatoms. The molecule has 29 heavy (non-hydrogen) atoms. The highest BCUT2D eigenvalue weighted by Gasteiger charge is 2.40. The molecule has 2 fully saturated rings. The molecule has 0 aliphatic carbocycles. The lowest BCUT2D eigenvalue weighted by atomic mass is 9.83. The molecule has 2 saturated heterocycles. The van der Waals surface area contributed by atoms with Crippen LogP contribution in [-0.2, 0) is 4.79 Å². The molecule has 3 heterocycles. The third-order valence-electron chi connectivity index (χ3n) is 6.46. The van der Waals surface area contributed by atoms with Crippen LogP contribution < -0.4 is 0 Å². The Morgan fingerprint density at radius 3 is 2.66 bits per heavy atom. The van der Waals surface area contributed by atoms with Gasteiger partial charge in [0.25, 0.3) is 5.91 Å². The summed E-state index contributed by atoms with van der Waals surface area (Å²) in [6.07, 6.45) is 2.96. The van der Waals surface area contributed by atoms with Gasteiger partial charge in [0.2, 0.25) is 5.91 Å². The Hall–Kier alpha value is -2.43. The van der Waals surface area contributed by atoms with E-state index in [2.05, 4.69) is 16.0 Å². The molecule has 2 aliphatic rings. The molecule has 0 radical (unpaired) electrons. The molecule has 2 aromatic rings. The van der Waals surface area contributed by atoms with Gasteiger partial charge in [-0.25, -0.2) is 0 Å². The molecule has 0 saturated carbocycles. The maximum Gasteiger partial charge on any atom is 0.254 e. The van der Waals surface area contributed by atoms with Crippen molar-refractivity contribution in [3.63, 3.8) is 0 Å². The minimum Gasteiger partial charge on any atom is -0.342 e. The van der Waals surface area contributed by atoms with Crippen LogP contribution in [0.5, 0.6) is 0 Å². The number of benzene rings is 1. The van der Waals surface area contributed by atoms with Crippen LogP contribution in [0, 0.1) is 25.7 Å². The SMILES string of the molecule is Cc1ccc2nc(C)cc(C(=O)N3CCC[C@@H]4CN(C(=O)C(C)C)CC[C@H]43)c2c1. The van der Waals surface area contributed by atoms with Crippen LogP contribution in [0.25, 0.3) is 10.9 Å². The Morgan fingerprint density at radius 1 is 1.10 bits per heavy atom. The number of carbonyl (C=O) groups is 2. The Labute approximate surface area is 173 Å². The molecule has 0 bridgehead atoms. The van der Waals surface area contributed by atoms with Crippen molar-refractivity contribution in [3.8, 4) is 0 Å². The van der Waals surface area contributed by atoms with Crippen molar-refractivity contribution in [2.75, 3.05) is 19.6 Å². The van der Waals surface area contributed by atoms with Crippen molar-refractivity contribution in [2.45, 2.75) is 53.0 Å². The molecular formula is C24H31N3O2. The average molecular weight is 394 g/mol. The van der Waals surface area contributed by atoms with Crippen molar-refractivity contribution >= 4 is 22.7 Å². The Morgan fingerprint density at radius 2 is 1.90 bits per heavy atom. The van der Waals surface area contributed by atoms with Crippen LogP contribution in [-0.4, -0.2) is 52.3 Å². The number of pyridine rings is 1. The van der Waals surface area contributed by atoms with Crippen LogP contribution in [0.1, 0.15) is 54.7 Å². The minimum atomic E-state index is 0.0299. The number of piperidine rings is 2. The number of fused-ring (bicyclic) bond motifs is 2. The van der Waals surface area contributed by atoms with Gasteiger partial charge in [0.1, 0.15) is 0 Å². The van der Waals surface area contributed by atoms with Gasteiger partial charge in [0.15, 0.2) is 0 Å². The van der Waals surface area contributed by atoms with Crippen molar-refractivity contribution < 1.29 is 9.59 Å². The fourth-order valence-electron chi connectivity index (χ4n) is 5.02. The standard InChI is InChI=1S/C24H31N3O2/c1-15(2)23(28)26-11-9-22-18(14-26)6-5-10-27(22)24(29)20-13-17(4)25-21-8-7-16(3)12-19(20)21/h7-8,12-13,15,18,22H,5-6,9-11,14H2,1-4H3/t18-,22-/m1/s1. The molecule has 1 aromatic carbocycles. The van der Waals surface area contributed by atoms with E-state index in [9.17, 15) is 9.59 Å². The largest absolute Gasteiger partial charge is 0.342 e. The summed E-state index contributed by atoms with van der Waals surface area (Å²) in [6.45, 7) is 10.2. The molecule has 2 aliphatic heterocycles. The maximum absolute atomic E-state index is 13.7. The van der Waals surface area contributed by atoms with Gasteiger partial charge in [-0.3, -0.25) is 14.6 Å². The normalized spacial score (nSPS) is 22.1. The van der Waals surface area contributed by atoms with E-state index in [1.807, 2.05) is 50.8 Å². The van der Waals surface area contributed by atoms with E-state index in [1.165, 1.54) is 0 Å².